The minimum Gasteiger partial charge on any atom is -0.497 e. The van der Waals surface area contributed by atoms with E-state index in [1.54, 1.807) is 53.2 Å². The molecule has 14 heteroatoms. The second-order valence-electron chi connectivity index (χ2n) is 11.2. The van der Waals surface area contributed by atoms with E-state index >= 15 is 0 Å². The molecule has 48 heavy (non-hydrogen) atoms. The Bertz CT molecular complexity index is 1920. The molecule has 2 aromatic carbocycles. The lowest BCUT2D eigenvalue weighted by molar-refractivity contribution is -0.137. The van der Waals surface area contributed by atoms with Crippen LogP contribution in [0.4, 0.5) is 36.2 Å². The van der Waals surface area contributed by atoms with Crippen molar-refractivity contribution in [3.05, 3.63) is 95.8 Å². The topological polar surface area (TPSA) is 126 Å². The van der Waals surface area contributed by atoms with Crippen molar-refractivity contribution < 1.29 is 27.5 Å². The largest absolute Gasteiger partial charge is 0.497 e. The normalized spacial score (nSPS) is 14.6. The monoisotopic (exact) mass is 658 g/mol. The quantitative estimate of drug-likeness (QED) is 0.167. The molecule has 248 valence electrons. The minimum absolute atomic E-state index is 0.0554. The van der Waals surface area contributed by atoms with Gasteiger partial charge in [0.1, 0.15) is 11.6 Å². The highest BCUT2D eigenvalue weighted by Gasteiger charge is 2.33. The first-order valence-electron chi connectivity index (χ1n) is 15.4. The number of benzene rings is 2. The van der Waals surface area contributed by atoms with Crippen molar-refractivity contribution in [2.24, 2.45) is 0 Å². The lowest BCUT2D eigenvalue weighted by atomic mass is 10.1. The summed E-state index contributed by atoms with van der Waals surface area (Å²) in [6.07, 6.45) is -0.831. The Labute approximate surface area is 274 Å². The third-order valence-electron chi connectivity index (χ3n) is 8.06. The van der Waals surface area contributed by atoms with Crippen molar-refractivity contribution in [1.82, 2.24) is 25.1 Å². The Morgan fingerprint density at radius 2 is 1.79 bits per heavy atom. The van der Waals surface area contributed by atoms with E-state index in [-0.39, 0.29) is 23.3 Å². The van der Waals surface area contributed by atoms with Gasteiger partial charge in [-0.1, -0.05) is 19.1 Å². The van der Waals surface area contributed by atoms with E-state index < -0.39 is 17.6 Å². The molecular weight excluding hydrogens is 625 g/mol. The van der Waals surface area contributed by atoms with Gasteiger partial charge in [0.25, 0.3) is 5.91 Å². The zero-order valence-corrected chi connectivity index (χ0v) is 26.2. The molecule has 11 nitrogen and oxygen atoms in total. The smallest absolute Gasteiger partial charge is 0.416 e. The van der Waals surface area contributed by atoms with Gasteiger partial charge < -0.3 is 20.7 Å². The molecule has 3 aromatic heterocycles. The van der Waals surface area contributed by atoms with Crippen LogP contribution in [0, 0.1) is 0 Å². The molecular formula is C34H33F3N8O3. The molecule has 6 rings (SSSR count). The van der Waals surface area contributed by atoms with E-state index in [1.165, 1.54) is 0 Å². The van der Waals surface area contributed by atoms with Gasteiger partial charge in [-0.15, -0.1) is 0 Å². The van der Waals surface area contributed by atoms with Gasteiger partial charge in [-0.3, -0.25) is 14.5 Å². The van der Waals surface area contributed by atoms with E-state index in [4.69, 9.17) is 9.84 Å². The predicted molar refractivity (Wildman–Crippen MR) is 176 cm³/mol. The molecule has 1 aliphatic heterocycles. The van der Waals surface area contributed by atoms with Gasteiger partial charge in [-0.05, 0) is 73.1 Å². The zero-order chi connectivity index (χ0) is 33.8. The SMILES string of the molecule is CCC(=O)N(c1nn(Cc2ccc(OC)cc2)c2nccc(Nc3ccc(C(=O)Nc4cc(C(F)(F)F)ccn4)cc3)c12)C1CCNC1. The van der Waals surface area contributed by atoms with Crippen LogP contribution in [0.25, 0.3) is 11.0 Å². The summed E-state index contributed by atoms with van der Waals surface area (Å²) in [5.41, 5.74) is 2.14. The predicted octanol–water partition coefficient (Wildman–Crippen LogP) is 6.00. The van der Waals surface area contributed by atoms with Gasteiger partial charge in [0, 0.05) is 36.6 Å². The minimum atomic E-state index is -4.56. The number of ether oxygens (including phenoxy) is 1. The molecule has 0 aliphatic carbocycles. The number of hydrogen-bond donors (Lipinski definition) is 3. The van der Waals surface area contributed by atoms with Crippen LogP contribution in [0.3, 0.4) is 0 Å². The number of carbonyl (C=O) groups is 2. The Morgan fingerprint density at radius 3 is 2.46 bits per heavy atom. The average Bonchev–Trinajstić information content (AvgIpc) is 3.75. The summed E-state index contributed by atoms with van der Waals surface area (Å²) in [6, 6.07) is 17.4. The number of nitrogens with zero attached hydrogens (tertiary/aromatic N) is 5. The van der Waals surface area contributed by atoms with Crippen molar-refractivity contribution >= 4 is 45.9 Å². The number of hydrogen-bond acceptors (Lipinski definition) is 8. The van der Waals surface area contributed by atoms with Crippen molar-refractivity contribution in [2.45, 2.75) is 38.5 Å². The highest BCUT2D eigenvalue weighted by atomic mass is 19.4. The highest BCUT2D eigenvalue weighted by molar-refractivity contribution is 6.07. The summed E-state index contributed by atoms with van der Waals surface area (Å²) in [5, 5.41) is 14.8. The van der Waals surface area contributed by atoms with Gasteiger partial charge in [-0.2, -0.15) is 18.3 Å². The van der Waals surface area contributed by atoms with Crippen molar-refractivity contribution in [3.8, 4) is 5.75 Å². The van der Waals surface area contributed by atoms with Crippen LogP contribution in [0.1, 0.15) is 41.3 Å². The number of halogens is 3. The summed E-state index contributed by atoms with van der Waals surface area (Å²) < 4.78 is 46.4. The first kappa shape index (κ1) is 32.4. The molecule has 1 aliphatic rings. The van der Waals surface area contributed by atoms with E-state index in [0.717, 1.165) is 42.6 Å². The van der Waals surface area contributed by atoms with Crippen LogP contribution in [0.15, 0.2) is 79.1 Å². The number of anilines is 4. The number of alkyl halides is 3. The maximum absolute atomic E-state index is 13.4. The standard InChI is InChI=1S/C34H33F3N8O3/c1-3-29(46)45(25-13-15-38-19-25)32-30-27(14-17-40-31(30)44(43-32)20-21-4-10-26(48-2)11-5-21)41-24-8-6-22(7-9-24)33(47)42-28-18-23(12-16-39-28)34(35,36)37/h4-12,14,16-18,25,38H,3,13,15,19-20H2,1-2H3,(H,40,41)(H,39,42,47). The number of pyridine rings is 2. The molecule has 3 N–H and O–H groups in total. The first-order chi connectivity index (χ1) is 23.1. The van der Waals surface area contributed by atoms with E-state index in [9.17, 15) is 22.8 Å². The molecule has 5 aromatic rings. The second-order valence-corrected chi connectivity index (χ2v) is 11.2. The molecule has 1 saturated heterocycles. The van der Waals surface area contributed by atoms with E-state index in [2.05, 4.69) is 25.9 Å². The molecule has 4 heterocycles. The van der Waals surface area contributed by atoms with Crippen LogP contribution in [0.5, 0.6) is 5.75 Å². The van der Waals surface area contributed by atoms with E-state index in [1.807, 2.05) is 31.2 Å². The van der Waals surface area contributed by atoms with Crippen LogP contribution >= 0.6 is 0 Å². The zero-order valence-electron chi connectivity index (χ0n) is 26.2. The Balaban J connectivity index is 1.32. The van der Waals surface area contributed by atoms with Gasteiger partial charge in [0.15, 0.2) is 11.5 Å². The molecule has 2 amide bonds. The molecule has 0 radical (unpaired) electrons. The number of carbonyl (C=O) groups excluding carboxylic acids is 2. The van der Waals surface area contributed by atoms with Crippen LogP contribution < -0.4 is 25.6 Å². The Hall–Kier alpha value is -5.50. The Kier molecular flexibility index (Phi) is 9.26. The molecule has 1 fully saturated rings. The number of amides is 2. The van der Waals surface area contributed by atoms with Gasteiger partial charge >= 0.3 is 6.18 Å². The van der Waals surface area contributed by atoms with Gasteiger partial charge in [0.05, 0.1) is 36.3 Å². The second kappa shape index (κ2) is 13.7. The van der Waals surface area contributed by atoms with Crippen molar-refractivity contribution in [3.63, 3.8) is 0 Å². The van der Waals surface area contributed by atoms with E-state index in [0.29, 0.717) is 47.7 Å². The fourth-order valence-electron chi connectivity index (χ4n) is 5.61. The van der Waals surface area contributed by atoms with Crippen LogP contribution in [-0.4, -0.2) is 57.8 Å². The summed E-state index contributed by atoms with van der Waals surface area (Å²) in [4.78, 5) is 36.6. The maximum atomic E-state index is 13.4. The molecule has 1 atom stereocenters. The summed E-state index contributed by atoms with van der Waals surface area (Å²) in [5.74, 6) is 0.359. The fraction of sp³-hybridized carbons (Fsp3) is 0.265. The van der Waals surface area contributed by atoms with Crippen LogP contribution in [-0.2, 0) is 17.5 Å². The third kappa shape index (κ3) is 6.93. The third-order valence-corrected chi connectivity index (χ3v) is 8.06. The maximum Gasteiger partial charge on any atom is 0.416 e. The fourth-order valence-corrected chi connectivity index (χ4v) is 5.61. The number of aromatic nitrogens is 4. The number of nitrogens with one attached hydrogen (secondary N) is 3. The van der Waals surface area contributed by atoms with Crippen molar-refractivity contribution in [1.29, 1.82) is 0 Å². The number of methoxy groups -OCH3 is 1. The molecule has 1 unspecified atom stereocenters. The van der Waals surface area contributed by atoms with Crippen molar-refractivity contribution in [2.75, 3.05) is 35.7 Å². The first-order valence-corrected chi connectivity index (χ1v) is 15.4. The molecule has 0 saturated carbocycles. The summed E-state index contributed by atoms with van der Waals surface area (Å²) >= 11 is 0. The van der Waals surface area contributed by atoms with Gasteiger partial charge in [0.2, 0.25) is 5.91 Å². The number of fused-ring (bicyclic) bond motifs is 1. The summed E-state index contributed by atoms with van der Waals surface area (Å²) in [7, 11) is 1.61. The number of rotatable bonds is 10. The molecule has 0 bridgehead atoms. The molecule has 0 spiro atoms. The van der Waals surface area contributed by atoms with Gasteiger partial charge in [-0.25, -0.2) is 14.6 Å². The van der Waals surface area contributed by atoms with Crippen LogP contribution in [0.2, 0.25) is 0 Å². The lowest BCUT2D eigenvalue weighted by Gasteiger charge is -2.27. The lowest BCUT2D eigenvalue weighted by Crippen LogP contribution is -2.42. The summed E-state index contributed by atoms with van der Waals surface area (Å²) in [6.45, 7) is 3.65. The highest BCUT2D eigenvalue weighted by Crippen LogP contribution is 2.36. The Morgan fingerprint density at radius 1 is 1.04 bits per heavy atom. The average molecular weight is 659 g/mol.